The maximum Gasteiger partial charge on any atom is 0.242 e. The first-order chi connectivity index (χ1) is 10.0. The Hall–Kier alpha value is -1.56. The van der Waals surface area contributed by atoms with Crippen molar-refractivity contribution in [3.8, 4) is 0 Å². The molecule has 1 aromatic carbocycles. The average molecular weight is 312 g/mol. The Morgan fingerprint density at radius 2 is 1.95 bits per heavy atom. The Morgan fingerprint density at radius 3 is 2.57 bits per heavy atom. The highest BCUT2D eigenvalue weighted by Gasteiger charge is 2.14. The van der Waals surface area contributed by atoms with E-state index in [0.29, 0.717) is 18.7 Å². The molecule has 1 rings (SSSR count). The van der Waals surface area contributed by atoms with Crippen molar-refractivity contribution in [2.24, 2.45) is 0 Å². The van der Waals surface area contributed by atoms with Crippen LogP contribution >= 0.6 is 11.8 Å². The van der Waals surface area contributed by atoms with Crippen molar-refractivity contribution in [1.82, 2.24) is 10.6 Å². The van der Waals surface area contributed by atoms with Crippen molar-refractivity contribution in [2.45, 2.75) is 37.6 Å². The van der Waals surface area contributed by atoms with Crippen LogP contribution in [0.1, 0.15) is 26.7 Å². The van der Waals surface area contributed by atoms with Crippen LogP contribution in [0.5, 0.6) is 0 Å². The molecule has 0 aliphatic carbocycles. The quantitative estimate of drug-likeness (QED) is 0.724. The van der Waals surface area contributed by atoms with Gasteiger partial charge >= 0.3 is 0 Å². The van der Waals surface area contributed by atoms with E-state index in [-0.39, 0.29) is 17.6 Å². The van der Waals surface area contributed by atoms with Crippen LogP contribution in [0.25, 0.3) is 0 Å². The second-order valence-corrected chi connectivity index (χ2v) is 5.80. The number of rotatable bonds is 8. The van der Waals surface area contributed by atoms with E-state index in [1.54, 1.807) is 19.1 Å². The summed E-state index contributed by atoms with van der Waals surface area (Å²) >= 11 is 1.48. The SMILES string of the molecule is CCCNC(=O)C(C)NC(=O)CCSc1ccc(F)cc1. The summed E-state index contributed by atoms with van der Waals surface area (Å²) in [7, 11) is 0. The van der Waals surface area contributed by atoms with Crippen molar-refractivity contribution < 1.29 is 14.0 Å². The highest BCUT2D eigenvalue weighted by atomic mass is 32.2. The fourth-order valence-electron chi connectivity index (χ4n) is 1.57. The van der Waals surface area contributed by atoms with Gasteiger partial charge in [0.15, 0.2) is 0 Å². The van der Waals surface area contributed by atoms with E-state index in [1.807, 2.05) is 6.92 Å². The number of halogens is 1. The maximum absolute atomic E-state index is 12.7. The van der Waals surface area contributed by atoms with E-state index >= 15 is 0 Å². The van der Waals surface area contributed by atoms with Gasteiger partial charge in [-0.3, -0.25) is 9.59 Å². The Balaban J connectivity index is 2.24. The van der Waals surface area contributed by atoms with Gasteiger partial charge in [-0.2, -0.15) is 0 Å². The Kier molecular flexibility index (Phi) is 7.82. The van der Waals surface area contributed by atoms with Crippen molar-refractivity contribution in [2.75, 3.05) is 12.3 Å². The third-order valence-corrected chi connectivity index (χ3v) is 3.75. The monoisotopic (exact) mass is 312 g/mol. The van der Waals surface area contributed by atoms with Crippen molar-refractivity contribution in [3.63, 3.8) is 0 Å². The van der Waals surface area contributed by atoms with Gasteiger partial charge in [-0.05, 0) is 37.6 Å². The standard InChI is InChI=1S/C15H21FN2O2S/c1-3-9-17-15(20)11(2)18-14(19)8-10-21-13-6-4-12(16)5-7-13/h4-7,11H,3,8-10H2,1-2H3,(H,17,20)(H,18,19). The molecular weight excluding hydrogens is 291 g/mol. The van der Waals surface area contributed by atoms with E-state index in [9.17, 15) is 14.0 Å². The summed E-state index contributed by atoms with van der Waals surface area (Å²) in [4.78, 5) is 24.2. The summed E-state index contributed by atoms with van der Waals surface area (Å²) in [6.45, 7) is 4.24. The summed E-state index contributed by atoms with van der Waals surface area (Å²) < 4.78 is 12.7. The predicted molar refractivity (Wildman–Crippen MR) is 82.6 cm³/mol. The third kappa shape index (κ3) is 7.13. The maximum atomic E-state index is 12.7. The number of benzene rings is 1. The van der Waals surface area contributed by atoms with E-state index in [2.05, 4.69) is 10.6 Å². The average Bonchev–Trinajstić information content (AvgIpc) is 2.46. The lowest BCUT2D eigenvalue weighted by molar-refractivity contribution is -0.128. The number of amides is 2. The Morgan fingerprint density at radius 1 is 1.29 bits per heavy atom. The number of carbonyl (C=O) groups is 2. The van der Waals surface area contributed by atoms with Gasteiger partial charge in [0.25, 0.3) is 0 Å². The van der Waals surface area contributed by atoms with E-state index in [1.165, 1.54) is 23.9 Å². The molecule has 0 bridgehead atoms. The molecule has 1 atom stereocenters. The molecule has 0 spiro atoms. The molecule has 0 saturated heterocycles. The molecule has 6 heteroatoms. The number of hydrogen-bond donors (Lipinski definition) is 2. The fraction of sp³-hybridized carbons (Fsp3) is 0.467. The van der Waals surface area contributed by atoms with Crippen LogP contribution in [0.3, 0.4) is 0 Å². The van der Waals surface area contributed by atoms with Crippen LogP contribution < -0.4 is 10.6 Å². The lowest BCUT2D eigenvalue weighted by Crippen LogP contribution is -2.45. The van der Waals surface area contributed by atoms with Crippen LogP contribution in [0.15, 0.2) is 29.2 Å². The molecule has 0 radical (unpaired) electrons. The molecule has 0 aromatic heterocycles. The first-order valence-electron chi connectivity index (χ1n) is 6.98. The predicted octanol–water partition coefficient (Wildman–Crippen LogP) is 2.34. The van der Waals surface area contributed by atoms with E-state index in [4.69, 9.17) is 0 Å². The molecule has 0 saturated carbocycles. The Labute approximate surface area is 128 Å². The summed E-state index contributed by atoms with van der Waals surface area (Å²) in [5.74, 6) is -0.0232. The summed E-state index contributed by atoms with van der Waals surface area (Å²) in [5.41, 5.74) is 0. The molecule has 4 nitrogen and oxygen atoms in total. The number of nitrogens with one attached hydrogen (secondary N) is 2. The zero-order chi connectivity index (χ0) is 15.7. The van der Waals surface area contributed by atoms with Crippen molar-refractivity contribution in [1.29, 1.82) is 0 Å². The second kappa shape index (κ2) is 9.39. The number of thioether (sulfide) groups is 1. The topological polar surface area (TPSA) is 58.2 Å². The molecule has 2 amide bonds. The first kappa shape index (κ1) is 17.5. The molecule has 0 aliphatic heterocycles. The lowest BCUT2D eigenvalue weighted by Gasteiger charge is -2.13. The first-order valence-corrected chi connectivity index (χ1v) is 7.97. The largest absolute Gasteiger partial charge is 0.354 e. The Bertz CT molecular complexity index is 465. The molecule has 0 aliphatic rings. The third-order valence-electron chi connectivity index (χ3n) is 2.73. The van der Waals surface area contributed by atoms with Crippen LogP contribution in [-0.2, 0) is 9.59 Å². The van der Waals surface area contributed by atoms with Gasteiger partial charge in [0.2, 0.25) is 11.8 Å². The van der Waals surface area contributed by atoms with E-state index in [0.717, 1.165) is 11.3 Å². The van der Waals surface area contributed by atoms with Crippen LogP contribution in [0.2, 0.25) is 0 Å². The highest BCUT2D eigenvalue weighted by molar-refractivity contribution is 7.99. The molecule has 1 aromatic rings. The smallest absolute Gasteiger partial charge is 0.242 e. The molecule has 2 N–H and O–H groups in total. The van der Waals surface area contributed by atoms with Crippen LogP contribution in [0, 0.1) is 5.82 Å². The van der Waals surface area contributed by atoms with Gasteiger partial charge in [0.1, 0.15) is 11.9 Å². The highest BCUT2D eigenvalue weighted by Crippen LogP contribution is 2.18. The van der Waals surface area contributed by atoms with Gasteiger partial charge < -0.3 is 10.6 Å². The molecule has 0 heterocycles. The van der Waals surface area contributed by atoms with Crippen molar-refractivity contribution in [3.05, 3.63) is 30.1 Å². The second-order valence-electron chi connectivity index (χ2n) is 4.63. The normalized spacial score (nSPS) is 11.8. The summed E-state index contributed by atoms with van der Waals surface area (Å²) in [6.07, 6.45) is 1.17. The molecular formula is C15H21FN2O2S. The van der Waals surface area contributed by atoms with E-state index < -0.39 is 6.04 Å². The zero-order valence-electron chi connectivity index (χ0n) is 12.3. The molecule has 21 heavy (non-hydrogen) atoms. The molecule has 1 unspecified atom stereocenters. The molecule has 0 fully saturated rings. The molecule has 116 valence electrons. The van der Waals surface area contributed by atoms with Gasteiger partial charge in [0.05, 0.1) is 0 Å². The number of hydrogen-bond acceptors (Lipinski definition) is 3. The number of carbonyl (C=O) groups excluding carboxylic acids is 2. The minimum Gasteiger partial charge on any atom is -0.354 e. The van der Waals surface area contributed by atoms with Gasteiger partial charge in [-0.25, -0.2) is 4.39 Å². The van der Waals surface area contributed by atoms with Crippen molar-refractivity contribution >= 4 is 23.6 Å². The minimum atomic E-state index is -0.528. The summed E-state index contributed by atoms with van der Waals surface area (Å²) in [5, 5.41) is 5.39. The zero-order valence-corrected chi connectivity index (χ0v) is 13.1. The lowest BCUT2D eigenvalue weighted by atomic mass is 10.3. The fourth-order valence-corrected chi connectivity index (χ4v) is 2.42. The van der Waals surface area contributed by atoms with Crippen LogP contribution in [0.4, 0.5) is 4.39 Å². The van der Waals surface area contributed by atoms with Gasteiger partial charge in [0, 0.05) is 23.6 Å². The van der Waals surface area contributed by atoms with Crippen LogP contribution in [-0.4, -0.2) is 30.2 Å². The minimum absolute atomic E-state index is 0.163. The van der Waals surface area contributed by atoms with Gasteiger partial charge in [-0.1, -0.05) is 6.92 Å². The summed E-state index contributed by atoms with van der Waals surface area (Å²) in [6, 6.07) is 5.61. The van der Waals surface area contributed by atoms with Gasteiger partial charge in [-0.15, -0.1) is 11.8 Å².